The van der Waals surface area contributed by atoms with Crippen LogP contribution in [0.4, 0.5) is 4.39 Å². The van der Waals surface area contributed by atoms with E-state index < -0.39 is 0 Å². The van der Waals surface area contributed by atoms with E-state index in [0.717, 1.165) is 23.3 Å². The van der Waals surface area contributed by atoms with Crippen LogP contribution in [0.5, 0.6) is 5.75 Å². The minimum atomic E-state index is -0.130. The van der Waals surface area contributed by atoms with Crippen molar-refractivity contribution in [3.63, 3.8) is 0 Å². The van der Waals surface area contributed by atoms with E-state index in [4.69, 9.17) is 4.74 Å². The molecule has 0 aliphatic rings. The van der Waals surface area contributed by atoms with Crippen LogP contribution >= 0.6 is 0 Å². The molecule has 0 bridgehead atoms. The molecule has 1 nitrogen and oxygen atoms in total. The van der Waals surface area contributed by atoms with Gasteiger partial charge >= 0.3 is 0 Å². The average Bonchev–Trinajstić information content (AvgIpc) is 2.47. The third-order valence-electron chi connectivity index (χ3n) is 4.49. The van der Waals surface area contributed by atoms with Crippen LogP contribution in [0, 0.1) is 33.5 Å². The second kappa shape index (κ2) is 8.86. The summed E-state index contributed by atoms with van der Waals surface area (Å²) >= 11 is 0. The number of halogens is 1. The minimum Gasteiger partial charge on any atom is -0.496 e. The van der Waals surface area contributed by atoms with Crippen molar-refractivity contribution in [1.82, 2.24) is 0 Å². The van der Waals surface area contributed by atoms with Crippen molar-refractivity contribution >= 4 is 0 Å². The molecule has 0 aromatic heterocycles. The Kier molecular flexibility index (Phi) is 7.47. The Morgan fingerprint density at radius 3 is 1.92 bits per heavy atom. The van der Waals surface area contributed by atoms with E-state index in [9.17, 15) is 4.39 Å². The Morgan fingerprint density at radius 2 is 1.50 bits per heavy atom. The van der Waals surface area contributed by atoms with Gasteiger partial charge in [-0.2, -0.15) is 0 Å². The molecule has 2 heteroatoms. The van der Waals surface area contributed by atoms with Crippen LogP contribution in [-0.4, -0.2) is 7.11 Å². The van der Waals surface area contributed by atoms with Gasteiger partial charge in [-0.05, 0) is 91.6 Å². The molecule has 0 N–H and O–H groups in total. The predicted molar refractivity (Wildman–Crippen MR) is 102 cm³/mol. The SMILES string of the molecule is CCc1c(C)ccc(OC)c1C.Cc1cc(F)cc(C)c1C(C)C. The summed E-state index contributed by atoms with van der Waals surface area (Å²) in [7, 11) is 1.72. The first-order chi connectivity index (χ1) is 11.2. The maximum atomic E-state index is 12.9. The summed E-state index contributed by atoms with van der Waals surface area (Å²) in [5.41, 5.74) is 7.44. The number of methoxy groups -OCH3 is 1. The summed E-state index contributed by atoms with van der Waals surface area (Å²) in [6.45, 7) is 14.6. The first kappa shape index (κ1) is 20.2. The first-order valence-electron chi connectivity index (χ1n) is 8.62. The normalized spacial score (nSPS) is 10.4. The van der Waals surface area contributed by atoms with Crippen LogP contribution in [0.25, 0.3) is 0 Å². The fourth-order valence-electron chi connectivity index (χ4n) is 3.47. The summed E-state index contributed by atoms with van der Waals surface area (Å²) in [6.07, 6.45) is 1.08. The van der Waals surface area contributed by atoms with Crippen molar-refractivity contribution in [3.8, 4) is 5.75 Å². The van der Waals surface area contributed by atoms with Crippen LogP contribution in [0.3, 0.4) is 0 Å². The highest BCUT2D eigenvalue weighted by atomic mass is 19.1. The molecule has 0 spiro atoms. The van der Waals surface area contributed by atoms with Gasteiger partial charge < -0.3 is 4.74 Å². The highest BCUT2D eigenvalue weighted by Crippen LogP contribution is 2.25. The van der Waals surface area contributed by atoms with Crippen molar-refractivity contribution < 1.29 is 9.13 Å². The van der Waals surface area contributed by atoms with E-state index in [1.54, 1.807) is 19.2 Å². The van der Waals surface area contributed by atoms with Crippen molar-refractivity contribution in [2.24, 2.45) is 0 Å². The molecular weight excluding hydrogens is 299 g/mol. The van der Waals surface area contributed by atoms with Gasteiger partial charge in [-0.1, -0.05) is 26.8 Å². The lowest BCUT2D eigenvalue weighted by molar-refractivity contribution is 0.411. The van der Waals surface area contributed by atoms with Crippen molar-refractivity contribution in [2.45, 2.75) is 60.8 Å². The number of ether oxygens (including phenoxy) is 1. The van der Waals surface area contributed by atoms with Crippen LogP contribution < -0.4 is 4.74 Å². The second-order valence-corrected chi connectivity index (χ2v) is 6.65. The molecule has 0 saturated carbocycles. The Hall–Kier alpha value is -1.83. The lowest BCUT2D eigenvalue weighted by Gasteiger charge is -2.13. The standard InChI is InChI=1S/C11H15F.C11H16O/c1-7(2)11-8(3)5-10(12)6-9(11)4;1-5-10-8(2)6-7-11(12-4)9(10)3/h5-7H,1-4H3;6-7H,5H2,1-4H3. The Bertz CT molecular complexity index is 664. The van der Waals surface area contributed by atoms with Crippen molar-refractivity contribution in [2.75, 3.05) is 7.11 Å². The summed E-state index contributed by atoms with van der Waals surface area (Å²) < 4.78 is 18.1. The number of hydrogen-bond donors (Lipinski definition) is 0. The molecule has 0 aliphatic heterocycles. The van der Waals surface area contributed by atoms with Gasteiger partial charge in [0, 0.05) is 0 Å². The Morgan fingerprint density at radius 1 is 0.958 bits per heavy atom. The van der Waals surface area contributed by atoms with Gasteiger partial charge in [0.1, 0.15) is 11.6 Å². The average molecular weight is 330 g/mol. The summed E-state index contributed by atoms with van der Waals surface area (Å²) in [6, 6.07) is 7.35. The maximum absolute atomic E-state index is 12.9. The molecule has 24 heavy (non-hydrogen) atoms. The molecular formula is C22H31FO. The molecule has 2 aromatic carbocycles. The molecule has 0 radical (unpaired) electrons. The van der Waals surface area contributed by atoms with E-state index in [2.05, 4.69) is 40.7 Å². The minimum absolute atomic E-state index is 0.130. The van der Waals surface area contributed by atoms with Gasteiger partial charge in [0.2, 0.25) is 0 Å². The molecule has 2 rings (SSSR count). The molecule has 0 fully saturated rings. The van der Waals surface area contributed by atoms with Crippen LogP contribution in [-0.2, 0) is 6.42 Å². The molecule has 0 unspecified atom stereocenters. The molecule has 0 saturated heterocycles. The summed E-state index contributed by atoms with van der Waals surface area (Å²) in [5.74, 6) is 1.34. The second-order valence-electron chi connectivity index (χ2n) is 6.65. The lowest BCUT2D eigenvalue weighted by atomic mass is 9.93. The summed E-state index contributed by atoms with van der Waals surface area (Å²) in [5, 5.41) is 0. The van der Waals surface area contributed by atoms with Gasteiger partial charge in [0.05, 0.1) is 7.11 Å². The van der Waals surface area contributed by atoms with E-state index in [0.29, 0.717) is 5.92 Å². The zero-order valence-corrected chi connectivity index (χ0v) is 16.4. The number of rotatable bonds is 3. The van der Waals surface area contributed by atoms with Gasteiger partial charge in [0.25, 0.3) is 0 Å². The lowest BCUT2D eigenvalue weighted by Crippen LogP contribution is -1.97. The third kappa shape index (κ3) is 4.83. The molecule has 0 heterocycles. The molecule has 132 valence electrons. The Balaban J connectivity index is 0.000000240. The smallest absolute Gasteiger partial charge is 0.123 e. The monoisotopic (exact) mass is 330 g/mol. The number of aryl methyl sites for hydroxylation is 3. The quantitative estimate of drug-likeness (QED) is 0.629. The van der Waals surface area contributed by atoms with E-state index in [-0.39, 0.29) is 5.82 Å². The van der Waals surface area contributed by atoms with Crippen molar-refractivity contribution in [1.29, 1.82) is 0 Å². The van der Waals surface area contributed by atoms with Gasteiger partial charge in [-0.15, -0.1) is 0 Å². The zero-order chi connectivity index (χ0) is 18.4. The van der Waals surface area contributed by atoms with Gasteiger partial charge in [0.15, 0.2) is 0 Å². The van der Waals surface area contributed by atoms with E-state index in [1.165, 1.54) is 22.3 Å². The highest BCUT2D eigenvalue weighted by molar-refractivity contribution is 5.43. The number of benzene rings is 2. The maximum Gasteiger partial charge on any atom is 0.123 e. The Labute approximate surface area is 146 Å². The van der Waals surface area contributed by atoms with E-state index in [1.807, 2.05) is 19.9 Å². The number of hydrogen-bond acceptors (Lipinski definition) is 1. The molecule has 2 aromatic rings. The highest BCUT2D eigenvalue weighted by Gasteiger charge is 2.08. The summed E-state index contributed by atoms with van der Waals surface area (Å²) in [4.78, 5) is 0. The third-order valence-corrected chi connectivity index (χ3v) is 4.49. The van der Waals surface area contributed by atoms with Gasteiger partial charge in [-0.3, -0.25) is 0 Å². The molecule has 0 amide bonds. The molecule has 0 aliphatic carbocycles. The van der Waals surface area contributed by atoms with Crippen LogP contribution in [0.1, 0.15) is 60.1 Å². The zero-order valence-electron chi connectivity index (χ0n) is 16.4. The van der Waals surface area contributed by atoms with Crippen molar-refractivity contribution in [3.05, 3.63) is 63.5 Å². The fraction of sp³-hybridized carbons (Fsp3) is 0.455. The predicted octanol–water partition coefficient (Wildman–Crippen LogP) is 6.44. The van der Waals surface area contributed by atoms with Crippen LogP contribution in [0.2, 0.25) is 0 Å². The van der Waals surface area contributed by atoms with Gasteiger partial charge in [-0.25, -0.2) is 4.39 Å². The first-order valence-corrected chi connectivity index (χ1v) is 8.62. The largest absolute Gasteiger partial charge is 0.496 e. The van der Waals surface area contributed by atoms with Crippen LogP contribution in [0.15, 0.2) is 24.3 Å². The fourth-order valence-corrected chi connectivity index (χ4v) is 3.47. The topological polar surface area (TPSA) is 9.23 Å². The van der Waals surface area contributed by atoms with E-state index >= 15 is 0 Å². The molecule has 0 atom stereocenters.